The van der Waals surface area contributed by atoms with Crippen LogP contribution in [0.3, 0.4) is 0 Å². The topological polar surface area (TPSA) is 46.6 Å². The average Bonchev–Trinajstić information content (AvgIpc) is 2.16. The van der Waals surface area contributed by atoms with Gasteiger partial charge in [-0.25, -0.2) is 4.79 Å². The Labute approximate surface area is 71.5 Å². The molecule has 68 valence electrons. The molecule has 0 N–H and O–H groups in total. The van der Waals surface area contributed by atoms with Gasteiger partial charge in [-0.1, -0.05) is 0 Å². The van der Waals surface area contributed by atoms with Gasteiger partial charge in [-0.2, -0.15) is 0 Å². The maximum Gasteiger partial charge on any atom is 0.328 e. The van der Waals surface area contributed by atoms with Crippen molar-refractivity contribution in [3.05, 3.63) is 0 Å². The van der Waals surface area contributed by atoms with E-state index in [2.05, 4.69) is 4.74 Å². The Balaban J connectivity index is 2.58. The zero-order valence-electron chi connectivity index (χ0n) is 7.16. The minimum atomic E-state index is -0.346. The number of likely N-dealkylation sites (tertiary alicyclic amines) is 1. The fourth-order valence-corrected chi connectivity index (χ4v) is 1.47. The summed E-state index contributed by atoms with van der Waals surface area (Å²) >= 11 is 0. The highest BCUT2D eigenvalue weighted by Gasteiger charge is 2.27. The number of piperidine rings is 1. The van der Waals surface area contributed by atoms with Gasteiger partial charge in [0.05, 0.1) is 7.11 Å². The van der Waals surface area contributed by atoms with Gasteiger partial charge in [0.1, 0.15) is 6.04 Å². The van der Waals surface area contributed by atoms with E-state index in [0.29, 0.717) is 6.54 Å². The third-order valence-electron chi connectivity index (χ3n) is 2.15. The molecule has 1 aliphatic heterocycles. The molecule has 1 rings (SSSR count). The lowest BCUT2D eigenvalue weighted by Gasteiger charge is -2.30. The number of methoxy groups -OCH3 is 1. The predicted molar refractivity (Wildman–Crippen MR) is 42.4 cm³/mol. The monoisotopic (exact) mass is 171 g/mol. The smallest absolute Gasteiger partial charge is 0.328 e. The average molecular weight is 171 g/mol. The van der Waals surface area contributed by atoms with Crippen LogP contribution in [0.4, 0.5) is 0 Å². The van der Waals surface area contributed by atoms with Crippen molar-refractivity contribution in [3.8, 4) is 0 Å². The van der Waals surface area contributed by atoms with Gasteiger partial charge in [0, 0.05) is 6.54 Å². The molecule has 12 heavy (non-hydrogen) atoms. The summed E-state index contributed by atoms with van der Waals surface area (Å²) in [5, 5.41) is 0. The third kappa shape index (κ3) is 1.75. The SMILES string of the molecule is COC(=O)C1CCCCN1C=O. The minimum Gasteiger partial charge on any atom is -0.467 e. The van der Waals surface area contributed by atoms with E-state index in [4.69, 9.17) is 0 Å². The summed E-state index contributed by atoms with van der Waals surface area (Å²) in [7, 11) is 1.35. The Morgan fingerprint density at radius 1 is 1.58 bits per heavy atom. The normalized spacial score (nSPS) is 23.4. The van der Waals surface area contributed by atoms with Crippen molar-refractivity contribution in [1.29, 1.82) is 0 Å². The fraction of sp³-hybridized carbons (Fsp3) is 0.750. The Morgan fingerprint density at radius 2 is 2.33 bits per heavy atom. The van der Waals surface area contributed by atoms with E-state index in [9.17, 15) is 9.59 Å². The standard InChI is InChI=1S/C8H13NO3/c1-12-8(11)7-4-2-3-5-9(7)6-10/h6-7H,2-5H2,1H3. The zero-order chi connectivity index (χ0) is 8.97. The summed E-state index contributed by atoms with van der Waals surface area (Å²) in [5.74, 6) is -0.304. The van der Waals surface area contributed by atoms with E-state index >= 15 is 0 Å². The van der Waals surface area contributed by atoms with Gasteiger partial charge in [-0.3, -0.25) is 4.79 Å². The second-order valence-corrected chi connectivity index (χ2v) is 2.88. The lowest BCUT2D eigenvalue weighted by atomic mass is 10.0. The molecule has 0 spiro atoms. The highest BCUT2D eigenvalue weighted by molar-refractivity contribution is 5.78. The van der Waals surface area contributed by atoms with Gasteiger partial charge in [0.2, 0.25) is 6.41 Å². The molecule has 0 radical (unpaired) electrons. The van der Waals surface area contributed by atoms with E-state index in [-0.39, 0.29) is 12.0 Å². The number of rotatable bonds is 2. The van der Waals surface area contributed by atoms with Gasteiger partial charge in [-0.05, 0) is 19.3 Å². The molecular weight excluding hydrogens is 158 g/mol. The first-order valence-corrected chi connectivity index (χ1v) is 4.08. The maximum atomic E-state index is 11.1. The first-order valence-electron chi connectivity index (χ1n) is 4.08. The molecule has 1 unspecified atom stereocenters. The Morgan fingerprint density at radius 3 is 2.92 bits per heavy atom. The van der Waals surface area contributed by atoms with Crippen LogP contribution >= 0.6 is 0 Å². The predicted octanol–water partition coefficient (Wildman–Crippen LogP) is 0.170. The number of amides is 1. The number of carbonyl (C=O) groups excluding carboxylic acids is 2. The molecule has 4 nitrogen and oxygen atoms in total. The van der Waals surface area contributed by atoms with E-state index in [1.807, 2.05) is 0 Å². The molecular formula is C8H13NO3. The number of ether oxygens (including phenoxy) is 1. The first-order chi connectivity index (χ1) is 5.79. The zero-order valence-corrected chi connectivity index (χ0v) is 7.16. The number of carbonyl (C=O) groups is 2. The molecule has 0 bridgehead atoms. The summed E-state index contributed by atoms with van der Waals surface area (Å²) in [6, 6.07) is -0.346. The molecule has 1 saturated heterocycles. The molecule has 1 fully saturated rings. The van der Waals surface area contributed by atoms with Crippen molar-refractivity contribution in [3.63, 3.8) is 0 Å². The number of hydrogen-bond donors (Lipinski definition) is 0. The number of hydrogen-bond acceptors (Lipinski definition) is 3. The second kappa shape index (κ2) is 4.09. The summed E-state index contributed by atoms with van der Waals surface area (Å²) < 4.78 is 4.58. The molecule has 1 atom stereocenters. The van der Waals surface area contributed by atoms with Crippen LogP contribution in [-0.2, 0) is 14.3 Å². The van der Waals surface area contributed by atoms with Gasteiger partial charge >= 0.3 is 5.97 Å². The van der Waals surface area contributed by atoms with Crippen LogP contribution in [0.25, 0.3) is 0 Å². The quantitative estimate of drug-likeness (QED) is 0.439. The molecule has 4 heteroatoms. The molecule has 0 aliphatic carbocycles. The molecule has 1 aliphatic rings. The lowest BCUT2D eigenvalue weighted by Crippen LogP contribution is -2.44. The van der Waals surface area contributed by atoms with Crippen LogP contribution in [0, 0.1) is 0 Å². The van der Waals surface area contributed by atoms with Gasteiger partial charge in [0.25, 0.3) is 0 Å². The lowest BCUT2D eigenvalue weighted by molar-refractivity contribution is -0.151. The van der Waals surface area contributed by atoms with Crippen LogP contribution in [0.2, 0.25) is 0 Å². The van der Waals surface area contributed by atoms with Crippen LogP contribution in [-0.4, -0.2) is 37.0 Å². The van der Waals surface area contributed by atoms with Crippen molar-refractivity contribution in [2.24, 2.45) is 0 Å². The van der Waals surface area contributed by atoms with Gasteiger partial charge in [0.15, 0.2) is 0 Å². The largest absolute Gasteiger partial charge is 0.467 e. The van der Waals surface area contributed by atoms with E-state index in [1.165, 1.54) is 12.0 Å². The van der Waals surface area contributed by atoms with Gasteiger partial charge in [-0.15, -0.1) is 0 Å². The fourth-order valence-electron chi connectivity index (χ4n) is 1.47. The van der Waals surface area contributed by atoms with Crippen molar-refractivity contribution < 1.29 is 14.3 Å². The van der Waals surface area contributed by atoms with Crippen molar-refractivity contribution >= 4 is 12.4 Å². The van der Waals surface area contributed by atoms with E-state index in [1.54, 1.807) is 0 Å². The first kappa shape index (κ1) is 9.03. The van der Waals surface area contributed by atoms with Crippen LogP contribution in [0.1, 0.15) is 19.3 Å². The summed E-state index contributed by atoms with van der Waals surface area (Å²) in [6.45, 7) is 0.670. The Hall–Kier alpha value is -1.06. The molecule has 0 aromatic heterocycles. The van der Waals surface area contributed by atoms with Crippen LogP contribution < -0.4 is 0 Å². The highest BCUT2D eigenvalue weighted by atomic mass is 16.5. The molecule has 0 aromatic rings. The summed E-state index contributed by atoms with van der Waals surface area (Å²) in [6.07, 6.45) is 3.42. The molecule has 0 saturated carbocycles. The Kier molecular flexibility index (Phi) is 3.08. The summed E-state index contributed by atoms with van der Waals surface area (Å²) in [5.41, 5.74) is 0. The Bertz CT molecular complexity index is 181. The van der Waals surface area contributed by atoms with Gasteiger partial charge < -0.3 is 9.64 Å². The van der Waals surface area contributed by atoms with Crippen molar-refractivity contribution in [2.75, 3.05) is 13.7 Å². The molecule has 1 heterocycles. The van der Waals surface area contributed by atoms with Crippen LogP contribution in [0.5, 0.6) is 0 Å². The molecule has 0 aromatic carbocycles. The van der Waals surface area contributed by atoms with E-state index in [0.717, 1.165) is 25.7 Å². The summed E-state index contributed by atoms with van der Waals surface area (Å²) in [4.78, 5) is 23.1. The second-order valence-electron chi connectivity index (χ2n) is 2.88. The van der Waals surface area contributed by atoms with Crippen LogP contribution in [0.15, 0.2) is 0 Å². The van der Waals surface area contributed by atoms with Crippen molar-refractivity contribution in [2.45, 2.75) is 25.3 Å². The maximum absolute atomic E-state index is 11.1. The third-order valence-corrected chi connectivity index (χ3v) is 2.15. The number of esters is 1. The minimum absolute atomic E-state index is 0.304. The van der Waals surface area contributed by atoms with Crippen molar-refractivity contribution in [1.82, 2.24) is 4.90 Å². The molecule has 1 amide bonds. The highest BCUT2D eigenvalue weighted by Crippen LogP contribution is 2.15. The van der Waals surface area contributed by atoms with E-state index < -0.39 is 0 Å². The number of nitrogens with zero attached hydrogens (tertiary/aromatic N) is 1.